The fourth-order valence-corrected chi connectivity index (χ4v) is 4.17. The number of carbonyl (C=O) groups is 1. The number of benzene rings is 2. The Bertz CT molecular complexity index is 641. The predicted octanol–water partition coefficient (Wildman–Crippen LogP) is 2.56. The van der Waals surface area contributed by atoms with Gasteiger partial charge >= 0.3 is 113 Å². The summed E-state index contributed by atoms with van der Waals surface area (Å²) in [4.78, 5) is 12.3. The molecule has 0 aliphatic carbocycles. The second kappa shape index (κ2) is 4.56. The second-order valence-corrected chi connectivity index (χ2v) is 6.62. The normalized spacial score (nSPS) is 16.1. The van der Waals surface area contributed by atoms with Crippen LogP contribution >= 0.6 is 0 Å². The molecule has 3 rings (SSSR count). The Morgan fingerprint density at radius 3 is 2.61 bits per heavy atom. The Morgan fingerprint density at radius 1 is 1.06 bits per heavy atom. The van der Waals surface area contributed by atoms with E-state index in [0.29, 0.717) is 0 Å². The Hall–Kier alpha value is -1.63. The molecule has 1 heterocycles. The van der Waals surface area contributed by atoms with E-state index in [2.05, 4.69) is 12.1 Å². The van der Waals surface area contributed by atoms with Gasteiger partial charge < -0.3 is 0 Å². The quantitative estimate of drug-likeness (QED) is 0.584. The van der Waals surface area contributed by atoms with Gasteiger partial charge in [-0.25, -0.2) is 0 Å². The van der Waals surface area contributed by atoms with Crippen LogP contribution in [0.2, 0.25) is 0 Å². The van der Waals surface area contributed by atoms with Crippen LogP contribution in [0, 0.1) is 6.92 Å². The monoisotopic (exact) mass is 300 g/mol. The first-order valence-corrected chi connectivity index (χ1v) is 7.55. The van der Waals surface area contributed by atoms with Crippen molar-refractivity contribution in [3.05, 3.63) is 69.7 Å². The van der Waals surface area contributed by atoms with Crippen LogP contribution in [0.5, 0.6) is 0 Å². The van der Waals surface area contributed by atoms with Crippen LogP contribution in [0.3, 0.4) is 0 Å². The number of Topliss-reactive ketones (excluding diaryl/α,β-unsaturated/α-hetero) is 1. The van der Waals surface area contributed by atoms with Crippen LogP contribution in [0.4, 0.5) is 0 Å². The zero-order valence-corrected chi connectivity index (χ0v) is 11.7. The second-order valence-electron chi connectivity index (χ2n) is 4.35. The summed E-state index contributed by atoms with van der Waals surface area (Å²) in [5, 5.41) is 0. The van der Waals surface area contributed by atoms with Crippen molar-refractivity contribution in [1.29, 1.82) is 0 Å². The first-order chi connectivity index (χ1) is 8.74. The summed E-state index contributed by atoms with van der Waals surface area (Å²) >= 11 is 0.149. The number of allylic oxidation sites excluding steroid dienone is 1. The van der Waals surface area contributed by atoms with Crippen LogP contribution in [0.15, 0.2) is 53.0 Å². The van der Waals surface area contributed by atoms with Crippen molar-refractivity contribution >= 4 is 31.3 Å². The van der Waals surface area contributed by atoms with Gasteiger partial charge in [-0.05, 0) is 0 Å². The molecule has 1 nitrogen and oxygen atoms in total. The van der Waals surface area contributed by atoms with Gasteiger partial charge in [0.05, 0.1) is 0 Å². The van der Waals surface area contributed by atoms with Gasteiger partial charge in [0.15, 0.2) is 0 Å². The third-order valence-electron chi connectivity index (χ3n) is 2.92. The van der Waals surface area contributed by atoms with Crippen molar-refractivity contribution in [3.63, 3.8) is 0 Å². The number of hydrogen-bond acceptors (Lipinski definition) is 1. The summed E-state index contributed by atoms with van der Waals surface area (Å²) in [6.07, 6.45) is 2.03. The van der Waals surface area contributed by atoms with Crippen molar-refractivity contribution < 1.29 is 4.79 Å². The number of ketones is 1. The molecule has 0 unspecified atom stereocenters. The third-order valence-corrected chi connectivity index (χ3v) is 5.23. The molecule has 88 valence electrons. The van der Waals surface area contributed by atoms with E-state index in [-0.39, 0.29) is 20.7 Å². The zero-order valence-electron chi connectivity index (χ0n) is 10.0. The Labute approximate surface area is 113 Å². The average molecular weight is 299 g/mol. The molecule has 18 heavy (non-hydrogen) atoms. The summed E-state index contributed by atoms with van der Waals surface area (Å²) in [5.41, 5.74) is 3.16. The van der Waals surface area contributed by atoms with Gasteiger partial charge in [-0.3, -0.25) is 0 Å². The Balaban J connectivity index is 2.00. The fourth-order valence-electron chi connectivity index (χ4n) is 2.00. The molecule has 0 saturated heterocycles. The Kier molecular flexibility index (Phi) is 2.91. The molecule has 0 aromatic heterocycles. The molecule has 2 aromatic carbocycles. The van der Waals surface area contributed by atoms with Gasteiger partial charge in [0.1, 0.15) is 0 Å². The summed E-state index contributed by atoms with van der Waals surface area (Å²) in [6.45, 7) is 2.03. The molecule has 2 aromatic rings. The summed E-state index contributed by atoms with van der Waals surface area (Å²) < 4.78 is 2.16. The van der Waals surface area contributed by atoms with Crippen molar-refractivity contribution in [1.82, 2.24) is 0 Å². The maximum atomic E-state index is 12.3. The van der Waals surface area contributed by atoms with Crippen molar-refractivity contribution in [2.75, 3.05) is 0 Å². The van der Waals surface area contributed by atoms with Gasteiger partial charge in [0.25, 0.3) is 0 Å². The van der Waals surface area contributed by atoms with E-state index in [1.165, 1.54) is 4.46 Å². The summed E-state index contributed by atoms with van der Waals surface area (Å²) in [5.74, 6) is 0.206. The molecular weight excluding hydrogens is 287 g/mol. The first-order valence-electron chi connectivity index (χ1n) is 5.84. The van der Waals surface area contributed by atoms with E-state index >= 15 is 0 Å². The molecular formula is C16H12OSe. The van der Waals surface area contributed by atoms with Crippen molar-refractivity contribution in [2.24, 2.45) is 0 Å². The number of fused-ring (bicyclic) bond motifs is 1. The van der Waals surface area contributed by atoms with Gasteiger partial charge in [-0.2, -0.15) is 0 Å². The molecule has 0 bridgehead atoms. The van der Waals surface area contributed by atoms with Crippen molar-refractivity contribution in [3.8, 4) is 0 Å². The third kappa shape index (κ3) is 2.05. The molecule has 2 heteroatoms. The standard InChI is InChI=1S/C16H12OSe/c1-11-7-8-14-13(9-11)16(17)15(18-14)10-12-5-3-2-4-6-12/h2-10H,1H3. The predicted molar refractivity (Wildman–Crippen MR) is 75.3 cm³/mol. The first kappa shape index (κ1) is 11.5. The molecule has 0 amide bonds. The molecule has 1 aliphatic rings. The number of carbonyl (C=O) groups excluding carboxylic acids is 1. The minimum absolute atomic E-state index is 0.149. The molecule has 0 spiro atoms. The molecule has 1 aliphatic heterocycles. The number of hydrogen-bond donors (Lipinski definition) is 0. The number of rotatable bonds is 1. The Morgan fingerprint density at radius 2 is 1.83 bits per heavy atom. The van der Waals surface area contributed by atoms with Crippen LogP contribution < -0.4 is 4.46 Å². The summed E-state index contributed by atoms with van der Waals surface area (Å²) in [7, 11) is 0. The molecule has 0 atom stereocenters. The van der Waals surface area contributed by atoms with Crippen LogP contribution in [0.1, 0.15) is 21.5 Å². The SMILES string of the molecule is Cc1ccc2c(c1)C(=O)C(=Cc1ccccc1)[Se]2. The van der Waals surface area contributed by atoms with E-state index in [9.17, 15) is 4.79 Å². The van der Waals surface area contributed by atoms with Gasteiger partial charge in [-0.15, -0.1) is 0 Å². The van der Waals surface area contributed by atoms with E-state index in [0.717, 1.165) is 21.2 Å². The minimum atomic E-state index is 0.149. The fraction of sp³-hybridized carbons (Fsp3) is 0.0625. The van der Waals surface area contributed by atoms with E-state index in [1.807, 2.05) is 49.4 Å². The topological polar surface area (TPSA) is 17.1 Å². The summed E-state index contributed by atoms with van der Waals surface area (Å²) in [6, 6.07) is 16.2. The van der Waals surface area contributed by atoms with Crippen LogP contribution in [-0.4, -0.2) is 20.7 Å². The van der Waals surface area contributed by atoms with Crippen molar-refractivity contribution in [2.45, 2.75) is 6.92 Å². The molecule has 0 N–H and O–H groups in total. The van der Waals surface area contributed by atoms with E-state index < -0.39 is 0 Å². The zero-order chi connectivity index (χ0) is 12.5. The van der Waals surface area contributed by atoms with Gasteiger partial charge in [0, 0.05) is 0 Å². The van der Waals surface area contributed by atoms with E-state index in [1.54, 1.807) is 0 Å². The maximum absolute atomic E-state index is 12.3. The number of aryl methyl sites for hydroxylation is 1. The van der Waals surface area contributed by atoms with Crippen LogP contribution in [-0.2, 0) is 0 Å². The molecule has 0 radical (unpaired) electrons. The average Bonchev–Trinajstić information content (AvgIpc) is 2.68. The van der Waals surface area contributed by atoms with Gasteiger partial charge in [0.2, 0.25) is 0 Å². The molecule has 0 saturated carbocycles. The van der Waals surface area contributed by atoms with Crippen LogP contribution in [0.25, 0.3) is 6.08 Å². The molecule has 0 fully saturated rings. The van der Waals surface area contributed by atoms with E-state index in [4.69, 9.17) is 0 Å². The van der Waals surface area contributed by atoms with Gasteiger partial charge in [-0.1, -0.05) is 0 Å².